The van der Waals surface area contributed by atoms with Crippen LogP contribution in [0.2, 0.25) is 5.02 Å². The minimum atomic E-state index is 0.587. The van der Waals surface area contributed by atoms with Crippen molar-refractivity contribution in [3.8, 4) is 0 Å². The van der Waals surface area contributed by atoms with Gasteiger partial charge in [0.2, 0.25) is 0 Å². The molecule has 0 saturated carbocycles. The Bertz CT molecular complexity index is 332. The summed E-state index contributed by atoms with van der Waals surface area (Å²) in [4.78, 5) is 2.45. The quantitative estimate of drug-likeness (QED) is 0.855. The van der Waals surface area contributed by atoms with Gasteiger partial charge in [0, 0.05) is 18.1 Å². The molecule has 1 saturated heterocycles. The maximum atomic E-state index is 6.16. The number of hydrogen-bond acceptors (Lipinski definition) is 2. The summed E-state index contributed by atoms with van der Waals surface area (Å²) < 4.78 is 0. The van der Waals surface area contributed by atoms with E-state index >= 15 is 0 Å². The van der Waals surface area contributed by atoms with Crippen LogP contribution in [0.3, 0.4) is 0 Å². The predicted octanol–water partition coefficient (Wildman–Crippen LogP) is 2.39. The number of nitrogens with zero attached hydrogens (tertiary/aromatic N) is 1. The van der Waals surface area contributed by atoms with Crippen LogP contribution >= 0.6 is 11.6 Å². The average molecular weight is 225 g/mol. The molecule has 0 spiro atoms. The van der Waals surface area contributed by atoms with Crippen LogP contribution in [0.15, 0.2) is 18.2 Å². The van der Waals surface area contributed by atoms with Gasteiger partial charge in [-0.1, -0.05) is 23.7 Å². The minimum Gasteiger partial charge on any atom is -0.326 e. The fourth-order valence-corrected chi connectivity index (χ4v) is 2.24. The molecule has 15 heavy (non-hydrogen) atoms. The highest BCUT2D eigenvalue weighted by molar-refractivity contribution is 6.31. The summed E-state index contributed by atoms with van der Waals surface area (Å²) in [6, 6.07) is 6.08. The monoisotopic (exact) mass is 224 g/mol. The van der Waals surface area contributed by atoms with Crippen LogP contribution in [0.25, 0.3) is 0 Å². The lowest BCUT2D eigenvalue weighted by Gasteiger charge is -2.16. The summed E-state index contributed by atoms with van der Waals surface area (Å²) in [6.07, 6.45) is 2.63. The fraction of sp³-hybridized carbons (Fsp3) is 0.500. The molecule has 0 aliphatic carbocycles. The lowest BCUT2D eigenvalue weighted by atomic mass is 10.1. The molecule has 0 unspecified atom stereocenters. The maximum absolute atomic E-state index is 6.16. The molecule has 82 valence electrons. The Balaban J connectivity index is 2.11. The van der Waals surface area contributed by atoms with E-state index in [-0.39, 0.29) is 0 Å². The molecular formula is C12H17ClN2. The molecule has 0 amide bonds. The Morgan fingerprint density at radius 2 is 2.00 bits per heavy atom. The van der Waals surface area contributed by atoms with E-state index in [0.29, 0.717) is 6.54 Å². The zero-order chi connectivity index (χ0) is 10.7. The second-order valence-corrected chi connectivity index (χ2v) is 4.52. The zero-order valence-corrected chi connectivity index (χ0v) is 9.63. The molecule has 1 aromatic carbocycles. The van der Waals surface area contributed by atoms with E-state index in [2.05, 4.69) is 11.0 Å². The van der Waals surface area contributed by atoms with Gasteiger partial charge in [-0.3, -0.25) is 4.90 Å². The van der Waals surface area contributed by atoms with Crippen LogP contribution in [0, 0.1) is 0 Å². The van der Waals surface area contributed by atoms with Gasteiger partial charge in [0.25, 0.3) is 0 Å². The van der Waals surface area contributed by atoms with Gasteiger partial charge in [-0.15, -0.1) is 0 Å². The van der Waals surface area contributed by atoms with Gasteiger partial charge in [-0.05, 0) is 43.1 Å². The summed E-state index contributed by atoms with van der Waals surface area (Å²) in [7, 11) is 0. The number of rotatable bonds is 3. The lowest BCUT2D eigenvalue weighted by molar-refractivity contribution is 0.331. The van der Waals surface area contributed by atoms with Gasteiger partial charge in [0.05, 0.1) is 0 Å². The molecule has 1 aliphatic heterocycles. The Morgan fingerprint density at radius 3 is 2.67 bits per heavy atom. The van der Waals surface area contributed by atoms with Crippen molar-refractivity contribution in [2.45, 2.75) is 25.9 Å². The summed E-state index contributed by atoms with van der Waals surface area (Å²) in [6.45, 7) is 3.95. The standard InChI is InChI=1S/C12H17ClN2/c13-12-4-3-10(8-14)7-11(12)9-15-5-1-2-6-15/h3-4,7H,1-2,5-6,8-9,14H2. The molecule has 1 fully saturated rings. The van der Waals surface area contributed by atoms with Gasteiger partial charge < -0.3 is 5.73 Å². The second-order valence-electron chi connectivity index (χ2n) is 4.11. The second kappa shape index (κ2) is 4.97. The van der Waals surface area contributed by atoms with Crippen LogP contribution in [0.5, 0.6) is 0 Å². The maximum Gasteiger partial charge on any atom is 0.0451 e. The van der Waals surface area contributed by atoms with Crippen molar-refractivity contribution >= 4 is 11.6 Å². The molecular weight excluding hydrogens is 208 g/mol. The SMILES string of the molecule is NCc1ccc(Cl)c(CN2CCCC2)c1. The molecule has 2 nitrogen and oxygen atoms in total. The number of nitrogens with two attached hydrogens (primary N) is 1. The Kier molecular flexibility index (Phi) is 3.62. The molecule has 1 aromatic rings. The van der Waals surface area contributed by atoms with Crippen LogP contribution in [0.4, 0.5) is 0 Å². The molecule has 2 N–H and O–H groups in total. The minimum absolute atomic E-state index is 0.587. The number of halogens is 1. The number of hydrogen-bond donors (Lipinski definition) is 1. The smallest absolute Gasteiger partial charge is 0.0451 e. The van der Waals surface area contributed by atoms with Gasteiger partial charge in [-0.25, -0.2) is 0 Å². The van der Waals surface area contributed by atoms with Crippen molar-refractivity contribution in [1.29, 1.82) is 0 Å². The van der Waals surface area contributed by atoms with Gasteiger partial charge in [0.1, 0.15) is 0 Å². The summed E-state index contributed by atoms with van der Waals surface area (Å²) in [5, 5.41) is 0.860. The third kappa shape index (κ3) is 2.71. The first-order valence-corrected chi connectivity index (χ1v) is 5.87. The van der Waals surface area contributed by atoms with E-state index in [1.807, 2.05) is 12.1 Å². The zero-order valence-electron chi connectivity index (χ0n) is 8.88. The molecule has 0 bridgehead atoms. The predicted molar refractivity (Wildman–Crippen MR) is 63.9 cm³/mol. The third-order valence-corrected chi connectivity index (χ3v) is 3.31. The van der Waals surface area contributed by atoms with E-state index in [9.17, 15) is 0 Å². The Morgan fingerprint density at radius 1 is 1.27 bits per heavy atom. The molecule has 3 heteroatoms. The molecule has 0 atom stereocenters. The van der Waals surface area contributed by atoms with Crippen molar-refractivity contribution in [1.82, 2.24) is 4.90 Å². The van der Waals surface area contributed by atoms with Crippen LogP contribution in [-0.4, -0.2) is 18.0 Å². The highest BCUT2D eigenvalue weighted by Crippen LogP contribution is 2.21. The molecule has 2 rings (SSSR count). The molecule has 1 aliphatic rings. The van der Waals surface area contributed by atoms with Crippen molar-refractivity contribution in [2.24, 2.45) is 5.73 Å². The number of likely N-dealkylation sites (tertiary alicyclic amines) is 1. The lowest BCUT2D eigenvalue weighted by Crippen LogP contribution is -2.18. The fourth-order valence-electron chi connectivity index (χ4n) is 2.06. The van der Waals surface area contributed by atoms with Crippen molar-refractivity contribution in [3.05, 3.63) is 34.3 Å². The van der Waals surface area contributed by atoms with Crippen molar-refractivity contribution < 1.29 is 0 Å². The average Bonchev–Trinajstić information content (AvgIpc) is 2.74. The highest BCUT2D eigenvalue weighted by Gasteiger charge is 2.13. The number of benzene rings is 1. The topological polar surface area (TPSA) is 29.3 Å². The van der Waals surface area contributed by atoms with E-state index < -0.39 is 0 Å². The largest absolute Gasteiger partial charge is 0.326 e. The third-order valence-electron chi connectivity index (χ3n) is 2.94. The van der Waals surface area contributed by atoms with Crippen molar-refractivity contribution in [2.75, 3.05) is 13.1 Å². The van der Waals surface area contributed by atoms with Crippen LogP contribution in [-0.2, 0) is 13.1 Å². The Labute approximate surface area is 96.0 Å². The van der Waals surface area contributed by atoms with E-state index in [1.54, 1.807) is 0 Å². The van der Waals surface area contributed by atoms with E-state index in [1.165, 1.54) is 31.5 Å². The van der Waals surface area contributed by atoms with Crippen molar-refractivity contribution in [3.63, 3.8) is 0 Å². The summed E-state index contributed by atoms with van der Waals surface area (Å²) >= 11 is 6.16. The van der Waals surface area contributed by atoms with Gasteiger partial charge in [-0.2, -0.15) is 0 Å². The first-order chi connectivity index (χ1) is 7.29. The van der Waals surface area contributed by atoms with Crippen LogP contribution < -0.4 is 5.73 Å². The highest BCUT2D eigenvalue weighted by atomic mass is 35.5. The first kappa shape index (κ1) is 10.9. The van der Waals surface area contributed by atoms with Gasteiger partial charge in [0.15, 0.2) is 0 Å². The van der Waals surface area contributed by atoms with E-state index in [4.69, 9.17) is 17.3 Å². The molecule has 1 heterocycles. The Hall–Kier alpha value is -0.570. The summed E-state index contributed by atoms with van der Waals surface area (Å²) in [5.74, 6) is 0. The summed E-state index contributed by atoms with van der Waals surface area (Å²) in [5.41, 5.74) is 7.99. The molecule has 0 radical (unpaired) electrons. The van der Waals surface area contributed by atoms with Crippen LogP contribution in [0.1, 0.15) is 24.0 Å². The molecule has 0 aromatic heterocycles. The first-order valence-electron chi connectivity index (χ1n) is 5.49. The normalized spacial score (nSPS) is 17.2. The van der Waals surface area contributed by atoms with E-state index in [0.717, 1.165) is 17.1 Å². The van der Waals surface area contributed by atoms with Gasteiger partial charge >= 0.3 is 0 Å².